The van der Waals surface area contributed by atoms with Crippen LogP contribution < -0.4 is 15.5 Å². The molecule has 0 bridgehead atoms. The number of carbonyl (C=O) groups excluding carboxylic acids is 3. The molecule has 8 nitrogen and oxygen atoms in total. The van der Waals surface area contributed by atoms with Crippen molar-refractivity contribution in [3.05, 3.63) is 78.5 Å². The Labute approximate surface area is 192 Å². The number of carbonyl (C=O) groups is 3. The Kier molecular flexibility index (Phi) is 6.83. The van der Waals surface area contributed by atoms with Crippen LogP contribution in [0.5, 0.6) is 0 Å². The van der Waals surface area contributed by atoms with Gasteiger partial charge in [-0.2, -0.15) is 0 Å². The molecule has 1 aliphatic rings. The van der Waals surface area contributed by atoms with Crippen LogP contribution in [-0.2, 0) is 9.59 Å². The number of anilines is 2. The van der Waals surface area contributed by atoms with Gasteiger partial charge in [-0.15, -0.1) is 0 Å². The highest BCUT2D eigenvalue weighted by atomic mass is 16.3. The molecule has 1 saturated carbocycles. The van der Waals surface area contributed by atoms with Crippen LogP contribution in [0, 0.1) is 0 Å². The summed E-state index contributed by atoms with van der Waals surface area (Å²) >= 11 is 0. The van der Waals surface area contributed by atoms with Crippen LogP contribution in [0.15, 0.2) is 71.6 Å². The molecule has 0 spiro atoms. The van der Waals surface area contributed by atoms with Crippen molar-refractivity contribution in [2.24, 2.45) is 0 Å². The van der Waals surface area contributed by atoms with Crippen molar-refractivity contribution >= 4 is 29.1 Å². The standard InChI is InChI=1S/C25H26N4O4/c1-17(30)27-20-8-10-21(11-9-20)29(25(32)22-7-4-16-33-22)23(18-12-14-26-15-13-18)24(31)28-19-5-2-3-6-19/h4,7-16,19,23H,2-3,5-6H2,1H3,(H,27,30)(H,28,31)/t23-/m0/s1. The Balaban J connectivity index is 1.76. The normalized spacial score (nSPS) is 14.5. The predicted molar refractivity (Wildman–Crippen MR) is 124 cm³/mol. The first-order valence-electron chi connectivity index (χ1n) is 11.0. The smallest absolute Gasteiger partial charge is 0.294 e. The predicted octanol–water partition coefficient (Wildman–Crippen LogP) is 4.08. The van der Waals surface area contributed by atoms with Crippen LogP contribution in [0.25, 0.3) is 0 Å². The Morgan fingerprint density at radius 1 is 1.03 bits per heavy atom. The zero-order valence-corrected chi connectivity index (χ0v) is 18.4. The molecular weight excluding hydrogens is 420 g/mol. The highest BCUT2D eigenvalue weighted by molar-refractivity contribution is 6.08. The summed E-state index contributed by atoms with van der Waals surface area (Å²) in [7, 11) is 0. The van der Waals surface area contributed by atoms with E-state index >= 15 is 0 Å². The second-order valence-corrected chi connectivity index (χ2v) is 8.05. The maximum Gasteiger partial charge on any atom is 0.294 e. The van der Waals surface area contributed by atoms with E-state index in [4.69, 9.17) is 4.42 Å². The van der Waals surface area contributed by atoms with Crippen LogP contribution in [0.3, 0.4) is 0 Å². The SMILES string of the molecule is CC(=O)Nc1ccc(N(C(=O)c2ccco2)[C@H](C(=O)NC2CCCC2)c2ccncc2)cc1. The lowest BCUT2D eigenvalue weighted by Crippen LogP contribution is -2.46. The maximum absolute atomic E-state index is 13.6. The molecule has 1 aromatic carbocycles. The zero-order chi connectivity index (χ0) is 23.2. The third-order valence-corrected chi connectivity index (χ3v) is 5.65. The van der Waals surface area contributed by atoms with Crippen LogP contribution in [-0.4, -0.2) is 28.7 Å². The molecule has 1 fully saturated rings. The molecule has 0 unspecified atom stereocenters. The summed E-state index contributed by atoms with van der Waals surface area (Å²) in [4.78, 5) is 44.1. The molecule has 0 aliphatic heterocycles. The zero-order valence-electron chi connectivity index (χ0n) is 18.4. The van der Waals surface area contributed by atoms with E-state index in [0.717, 1.165) is 25.7 Å². The number of nitrogens with one attached hydrogen (secondary N) is 2. The fourth-order valence-corrected chi connectivity index (χ4v) is 4.12. The van der Waals surface area contributed by atoms with E-state index in [2.05, 4.69) is 15.6 Å². The van der Waals surface area contributed by atoms with E-state index in [-0.39, 0.29) is 23.6 Å². The highest BCUT2D eigenvalue weighted by Gasteiger charge is 2.35. The van der Waals surface area contributed by atoms with Crippen molar-refractivity contribution < 1.29 is 18.8 Å². The summed E-state index contributed by atoms with van der Waals surface area (Å²) in [6.45, 7) is 1.42. The Morgan fingerprint density at radius 3 is 2.33 bits per heavy atom. The van der Waals surface area contributed by atoms with Crippen LogP contribution in [0.4, 0.5) is 11.4 Å². The summed E-state index contributed by atoms with van der Waals surface area (Å²) in [6, 6.07) is 12.6. The molecule has 33 heavy (non-hydrogen) atoms. The second kappa shape index (κ2) is 10.1. The second-order valence-electron chi connectivity index (χ2n) is 8.05. The minimum atomic E-state index is -0.933. The first kappa shape index (κ1) is 22.3. The summed E-state index contributed by atoms with van der Waals surface area (Å²) in [5.74, 6) is -0.792. The van der Waals surface area contributed by atoms with Crippen LogP contribution in [0.1, 0.15) is 54.8 Å². The van der Waals surface area contributed by atoms with Crippen molar-refractivity contribution in [2.75, 3.05) is 10.2 Å². The van der Waals surface area contributed by atoms with Crippen molar-refractivity contribution in [3.63, 3.8) is 0 Å². The fourth-order valence-electron chi connectivity index (χ4n) is 4.12. The lowest BCUT2D eigenvalue weighted by molar-refractivity contribution is -0.123. The number of rotatable bonds is 7. The number of hydrogen-bond donors (Lipinski definition) is 2. The van der Waals surface area contributed by atoms with Crippen molar-refractivity contribution in [1.82, 2.24) is 10.3 Å². The first-order valence-corrected chi connectivity index (χ1v) is 11.0. The molecular formula is C25H26N4O4. The average molecular weight is 447 g/mol. The summed E-state index contributed by atoms with van der Waals surface area (Å²) < 4.78 is 5.38. The number of nitrogens with zero attached hydrogens (tertiary/aromatic N) is 2. The molecule has 0 radical (unpaired) electrons. The summed E-state index contributed by atoms with van der Waals surface area (Å²) in [5, 5.41) is 5.84. The van der Waals surface area contributed by atoms with Crippen LogP contribution in [0.2, 0.25) is 0 Å². The van der Waals surface area contributed by atoms with Gasteiger partial charge in [0.25, 0.3) is 5.91 Å². The van der Waals surface area contributed by atoms with Gasteiger partial charge in [0, 0.05) is 36.7 Å². The lowest BCUT2D eigenvalue weighted by Gasteiger charge is -2.31. The van der Waals surface area contributed by atoms with Gasteiger partial charge >= 0.3 is 0 Å². The molecule has 1 atom stereocenters. The average Bonchev–Trinajstić information content (AvgIpc) is 3.52. The number of aromatic nitrogens is 1. The first-order chi connectivity index (χ1) is 16.0. The number of hydrogen-bond acceptors (Lipinski definition) is 5. The van der Waals surface area contributed by atoms with Gasteiger partial charge in [-0.3, -0.25) is 24.3 Å². The Bertz CT molecular complexity index is 1090. The Morgan fingerprint density at radius 2 is 1.73 bits per heavy atom. The Hall–Kier alpha value is -3.94. The van der Waals surface area contributed by atoms with Gasteiger partial charge < -0.3 is 15.1 Å². The number of benzene rings is 1. The molecule has 3 aromatic rings. The van der Waals surface area contributed by atoms with Crippen molar-refractivity contribution in [3.8, 4) is 0 Å². The van der Waals surface area contributed by atoms with Gasteiger partial charge in [0.2, 0.25) is 11.8 Å². The van der Waals surface area contributed by atoms with Gasteiger partial charge in [0.05, 0.1) is 6.26 Å². The minimum Gasteiger partial charge on any atom is -0.459 e. The van der Waals surface area contributed by atoms with E-state index in [1.807, 2.05) is 0 Å². The van der Waals surface area contributed by atoms with E-state index in [0.29, 0.717) is 16.9 Å². The van der Waals surface area contributed by atoms with E-state index in [1.165, 1.54) is 18.1 Å². The molecule has 170 valence electrons. The largest absolute Gasteiger partial charge is 0.459 e. The minimum absolute atomic E-state index is 0.0875. The van der Waals surface area contributed by atoms with Gasteiger partial charge in [-0.05, 0) is 66.9 Å². The maximum atomic E-state index is 13.6. The van der Waals surface area contributed by atoms with E-state index in [9.17, 15) is 14.4 Å². The molecule has 8 heteroatoms. The van der Waals surface area contributed by atoms with Gasteiger partial charge in [0.15, 0.2) is 5.76 Å². The van der Waals surface area contributed by atoms with Gasteiger partial charge in [0.1, 0.15) is 6.04 Å². The molecule has 4 rings (SSSR count). The molecule has 3 amide bonds. The van der Waals surface area contributed by atoms with Gasteiger partial charge in [-0.25, -0.2) is 0 Å². The summed E-state index contributed by atoms with van der Waals surface area (Å²) in [5.41, 5.74) is 1.72. The molecule has 1 aliphatic carbocycles. The topological polar surface area (TPSA) is 105 Å². The monoisotopic (exact) mass is 446 g/mol. The molecule has 2 heterocycles. The lowest BCUT2D eigenvalue weighted by atomic mass is 10.0. The van der Waals surface area contributed by atoms with Crippen molar-refractivity contribution in [1.29, 1.82) is 0 Å². The van der Waals surface area contributed by atoms with E-state index < -0.39 is 11.9 Å². The third-order valence-electron chi connectivity index (χ3n) is 5.65. The fraction of sp³-hybridized carbons (Fsp3) is 0.280. The number of furan rings is 1. The quantitative estimate of drug-likeness (QED) is 0.569. The molecule has 0 saturated heterocycles. The van der Waals surface area contributed by atoms with Crippen LogP contribution >= 0.6 is 0 Å². The number of pyridine rings is 1. The third kappa shape index (κ3) is 5.28. The highest BCUT2D eigenvalue weighted by Crippen LogP contribution is 2.31. The number of amides is 3. The summed E-state index contributed by atoms with van der Waals surface area (Å²) in [6.07, 6.45) is 8.61. The van der Waals surface area contributed by atoms with Gasteiger partial charge in [-0.1, -0.05) is 12.8 Å². The van der Waals surface area contributed by atoms with Crippen molar-refractivity contribution in [2.45, 2.75) is 44.7 Å². The molecule has 2 aromatic heterocycles. The van der Waals surface area contributed by atoms with E-state index in [1.54, 1.807) is 60.9 Å². The molecule has 2 N–H and O–H groups in total.